The van der Waals surface area contributed by atoms with Gasteiger partial charge < -0.3 is 20.2 Å². The Balaban J connectivity index is 2.03. The predicted molar refractivity (Wildman–Crippen MR) is 75.8 cm³/mol. The van der Waals surface area contributed by atoms with Crippen molar-refractivity contribution in [3.05, 3.63) is 0 Å². The molecule has 118 valence electrons. The Bertz CT molecular complexity index is 454. The Morgan fingerprint density at radius 2 is 2.19 bits per heavy atom. The Hall–Kier alpha value is -1.79. The average molecular weight is 297 g/mol. The van der Waals surface area contributed by atoms with Crippen LogP contribution in [0.2, 0.25) is 0 Å². The van der Waals surface area contributed by atoms with Crippen molar-refractivity contribution < 1.29 is 19.5 Å². The smallest absolute Gasteiger partial charge is 0.329 e. The number of nitrogens with one attached hydrogen (secondary N) is 1. The van der Waals surface area contributed by atoms with E-state index >= 15 is 0 Å². The maximum atomic E-state index is 12.4. The van der Waals surface area contributed by atoms with Crippen LogP contribution >= 0.6 is 0 Å². The number of carbonyl (C=O) groups is 3. The summed E-state index contributed by atoms with van der Waals surface area (Å²) in [6.07, 6.45) is 2.62. The molecule has 2 unspecified atom stereocenters. The molecular weight excluding hydrogens is 274 g/mol. The number of carboxylic acid groups (broad SMARTS) is 1. The van der Waals surface area contributed by atoms with E-state index in [1.54, 1.807) is 18.9 Å². The van der Waals surface area contributed by atoms with Crippen molar-refractivity contribution >= 4 is 17.9 Å². The second-order valence-electron chi connectivity index (χ2n) is 5.90. The molecule has 2 saturated heterocycles. The highest BCUT2D eigenvalue weighted by molar-refractivity contribution is 5.87. The van der Waals surface area contributed by atoms with Gasteiger partial charge in [0.25, 0.3) is 0 Å². The molecule has 2 aliphatic heterocycles. The zero-order valence-corrected chi connectivity index (χ0v) is 12.6. The number of hydrogen-bond acceptors (Lipinski definition) is 3. The molecule has 3 amide bonds. The normalized spacial score (nSPS) is 29.6. The van der Waals surface area contributed by atoms with Crippen LogP contribution in [0.25, 0.3) is 0 Å². The van der Waals surface area contributed by atoms with Gasteiger partial charge in [0.05, 0.1) is 0 Å². The largest absolute Gasteiger partial charge is 0.479 e. The minimum absolute atomic E-state index is 0.0788. The number of amides is 3. The van der Waals surface area contributed by atoms with E-state index in [-0.39, 0.29) is 18.0 Å². The molecule has 0 aromatic heterocycles. The van der Waals surface area contributed by atoms with Gasteiger partial charge in [0, 0.05) is 32.6 Å². The first-order chi connectivity index (χ1) is 9.90. The minimum atomic E-state index is -1.08. The van der Waals surface area contributed by atoms with Crippen LogP contribution in [0.3, 0.4) is 0 Å². The average Bonchev–Trinajstić information content (AvgIpc) is 2.88. The molecule has 0 radical (unpaired) electrons. The Labute approximate surface area is 124 Å². The first-order valence-corrected chi connectivity index (χ1v) is 7.46. The van der Waals surface area contributed by atoms with Crippen molar-refractivity contribution in [3.8, 4) is 0 Å². The zero-order chi connectivity index (χ0) is 15.6. The first-order valence-electron chi connectivity index (χ1n) is 7.46. The number of nitrogens with zero attached hydrogens (tertiary/aromatic N) is 2. The van der Waals surface area contributed by atoms with Crippen molar-refractivity contribution in [1.29, 1.82) is 0 Å². The maximum absolute atomic E-state index is 12.4. The lowest BCUT2D eigenvalue weighted by Crippen LogP contribution is -2.58. The number of piperidine rings is 1. The molecule has 2 fully saturated rings. The molecule has 0 spiro atoms. The van der Waals surface area contributed by atoms with Gasteiger partial charge in [0.2, 0.25) is 5.91 Å². The molecule has 0 aliphatic carbocycles. The fourth-order valence-corrected chi connectivity index (χ4v) is 3.30. The highest BCUT2D eigenvalue weighted by Gasteiger charge is 2.48. The molecule has 2 aliphatic rings. The fourth-order valence-electron chi connectivity index (χ4n) is 3.30. The van der Waals surface area contributed by atoms with Crippen LogP contribution in [0.4, 0.5) is 4.79 Å². The Morgan fingerprint density at radius 1 is 1.48 bits per heavy atom. The number of urea groups is 1. The van der Waals surface area contributed by atoms with Crippen LogP contribution in [0.1, 0.15) is 39.0 Å². The van der Waals surface area contributed by atoms with Gasteiger partial charge in [0.15, 0.2) is 0 Å². The zero-order valence-electron chi connectivity index (χ0n) is 12.6. The summed E-state index contributed by atoms with van der Waals surface area (Å²) >= 11 is 0. The third kappa shape index (κ3) is 2.82. The maximum Gasteiger partial charge on any atom is 0.329 e. The Kier molecular flexibility index (Phi) is 4.39. The monoisotopic (exact) mass is 297 g/mol. The molecule has 2 atom stereocenters. The van der Waals surface area contributed by atoms with Gasteiger partial charge in [-0.3, -0.25) is 4.79 Å². The molecule has 7 heteroatoms. The van der Waals surface area contributed by atoms with E-state index in [0.29, 0.717) is 45.2 Å². The first kappa shape index (κ1) is 15.6. The molecule has 2 rings (SSSR count). The van der Waals surface area contributed by atoms with Crippen LogP contribution in [0.15, 0.2) is 0 Å². The summed E-state index contributed by atoms with van der Waals surface area (Å²) in [5.41, 5.74) is -1.08. The van der Waals surface area contributed by atoms with E-state index in [9.17, 15) is 19.5 Å². The van der Waals surface area contributed by atoms with E-state index in [2.05, 4.69) is 5.32 Å². The SMILES string of the molecule is CCC1(C(=O)O)CCCN1C(=O)NC1CCC(=O)N(C)C1. The van der Waals surface area contributed by atoms with Crippen molar-refractivity contribution in [3.63, 3.8) is 0 Å². The summed E-state index contributed by atoms with van der Waals surface area (Å²) in [6, 6.07) is -0.436. The fraction of sp³-hybridized carbons (Fsp3) is 0.786. The lowest BCUT2D eigenvalue weighted by atomic mass is 9.93. The second-order valence-corrected chi connectivity index (χ2v) is 5.90. The standard InChI is InChI=1S/C14H23N3O4/c1-3-14(12(19)20)7-4-8-17(14)13(21)15-10-5-6-11(18)16(2)9-10/h10H,3-9H2,1-2H3,(H,15,21)(H,19,20). The van der Waals surface area contributed by atoms with Crippen LogP contribution < -0.4 is 5.32 Å². The predicted octanol–water partition coefficient (Wildman–Crippen LogP) is 0.646. The minimum Gasteiger partial charge on any atom is -0.479 e. The number of aliphatic carboxylic acids is 1. The van der Waals surface area contributed by atoms with Gasteiger partial charge in [-0.05, 0) is 25.7 Å². The molecule has 0 saturated carbocycles. The van der Waals surface area contributed by atoms with Crippen LogP contribution in [-0.4, -0.2) is 64.5 Å². The van der Waals surface area contributed by atoms with E-state index in [1.807, 2.05) is 0 Å². The third-order valence-electron chi connectivity index (χ3n) is 4.67. The lowest BCUT2D eigenvalue weighted by molar-refractivity contribution is -0.148. The molecule has 2 N–H and O–H groups in total. The number of carboxylic acids is 1. The van der Waals surface area contributed by atoms with Gasteiger partial charge >= 0.3 is 12.0 Å². The molecule has 2 heterocycles. The van der Waals surface area contributed by atoms with Crippen LogP contribution in [0, 0.1) is 0 Å². The summed E-state index contributed by atoms with van der Waals surface area (Å²) in [7, 11) is 1.71. The van der Waals surface area contributed by atoms with Crippen molar-refractivity contribution in [1.82, 2.24) is 15.1 Å². The van der Waals surface area contributed by atoms with E-state index in [1.165, 1.54) is 4.90 Å². The summed E-state index contributed by atoms with van der Waals surface area (Å²) in [5.74, 6) is -0.858. The van der Waals surface area contributed by atoms with Gasteiger partial charge in [-0.15, -0.1) is 0 Å². The summed E-state index contributed by atoms with van der Waals surface area (Å²) < 4.78 is 0. The molecule has 0 aromatic rings. The van der Waals surface area contributed by atoms with Gasteiger partial charge in [-0.2, -0.15) is 0 Å². The quantitative estimate of drug-likeness (QED) is 0.800. The topological polar surface area (TPSA) is 90.0 Å². The summed E-state index contributed by atoms with van der Waals surface area (Å²) in [6.45, 7) is 2.74. The van der Waals surface area contributed by atoms with Gasteiger partial charge in [-0.25, -0.2) is 9.59 Å². The number of likely N-dealkylation sites (tertiary alicyclic amines) is 2. The number of hydrogen-bond donors (Lipinski definition) is 2. The van der Waals surface area contributed by atoms with E-state index in [0.717, 1.165) is 0 Å². The van der Waals surface area contributed by atoms with Crippen molar-refractivity contribution in [2.45, 2.75) is 50.6 Å². The third-order valence-corrected chi connectivity index (χ3v) is 4.67. The van der Waals surface area contributed by atoms with E-state index < -0.39 is 11.5 Å². The molecular formula is C14H23N3O4. The molecule has 0 bridgehead atoms. The van der Waals surface area contributed by atoms with Gasteiger partial charge in [-0.1, -0.05) is 6.92 Å². The number of likely N-dealkylation sites (N-methyl/N-ethyl adjacent to an activating group) is 1. The van der Waals surface area contributed by atoms with Gasteiger partial charge in [0.1, 0.15) is 5.54 Å². The summed E-state index contributed by atoms with van der Waals surface area (Å²) in [4.78, 5) is 38.5. The van der Waals surface area contributed by atoms with Crippen molar-refractivity contribution in [2.75, 3.05) is 20.1 Å². The highest BCUT2D eigenvalue weighted by Crippen LogP contribution is 2.32. The number of rotatable bonds is 3. The van der Waals surface area contributed by atoms with Crippen LogP contribution in [-0.2, 0) is 9.59 Å². The van der Waals surface area contributed by atoms with Crippen LogP contribution in [0.5, 0.6) is 0 Å². The molecule has 7 nitrogen and oxygen atoms in total. The van der Waals surface area contributed by atoms with E-state index in [4.69, 9.17) is 0 Å². The molecule has 21 heavy (non-hydrogen) atoms. The van der Waals surface area contributed by atoms with Crippen molar-refractivity contribution in [2.24, 2.45) is 0 Å². The molecule has 0 aromatic carbocycles. The summed E-state index contributed by atoms with van der Waals surface area (Å²) in [5, 5.41) is 12.4. The Morgan fingerprint density at radius 3 is 2.76 bits per heavy atom. The lowest BCUT2D eigenvalue weighted by Gasteiger charge is -2.36. The highest BCUT2D eigenvalue weighted by atomic mass is 16.4. The second kappa shape index (κ2) is 5.91. The number of carbonyl (C=O) groups excluding carboxylic acids is 2.